The lowest BCUT2D eigenvalue weighted by Gasteiger charge is -2.22. The first-order valence-electron chi connectivity index (χ1n) is 8.77. The van der Waals surface area contributed by atoms with Crippen LogP contribution in [0.1, 0.15) is 21.5 Å². The number of hydrogen-bond donors (Lipinski definition) is 0. The predicted molar refractivity (Wildman–Crippen MR) is 105 cm³/mol. The van der Waals surface area contributed by atoms with Crippen LogP contribution in [0.3, 0.4) is 0 Å². The Balaban J connectivity index is 2.04. The highest BCUT2D eigenvalue weighted by Crippen LogP contribution is 2.37. The number of hydrogen-bond acceptors (Lipinski definition) is 3. The summed E-state index contributed by atoms with van der Waals surface area (Å²) in [5.74, 6) is -0.917. The SMILES string of the molecule is COc1ccc(C(=O)N(C)c2cnccc2-c2ccccc2C)cc1C(F)(F)F. The van der Waals surface area contributed by atoms with E-state index in [1.807, 2.05) is 31.2 Å². The van der Waals surface area contributed by atoms with E-state index >= 15 is 0 Å². The molecule has 3 rings (SSSR count). The standard InChI is InChI=1S/C22H19F3N2O2/c1-14-6-4-5-7-16(14)17-10-11-26-13-19(17)27(2)21(28)15-8-9-20(29-3)18(12-15)22(23,24)25/h4-13H,1-3H3. The quantitative estimate of drug-likeness (QED) is 0.592. The van der Waals surface area contributed by atoms with Gasteiger partial charge in [-0.15, -0.1) is 0 Å². The number of alkyl halides is 3. The lowest BCUT2D eigenvalue weighted by atomic mass is 9.99. The van der Waals surface area contributed by atoms with Gasteiger partial charge in [0.25, 0.3) is 5.91 Å². The number of halogens is 3. The van der Waals surface area contributed by atoms with Crippen molar-refractivity contribution < 1.29 is 22.7 Å². The van der Waals surface area contributed by atoms with Crippen LogP contribution in [0.5, 0.6) is 5.75 Å². The summed E-state index contributed by atoms with van der Waals surface area (Å²) < 4.78 is 44.7. The zero-order valence-corrected chi connectivity index (χ0v) is 16.1. The van der Waals surface area contributed by atoms with Crippen LogP contribution in [0.25, 0.3) is 11.1 Å². The third kappa shape index (κ3) is 4.08. The van der Waals surface area contributed by atoms with Crippen molar-refractivity contribution in [2.24, 2.45) is 0 Å². The minimum Gasteiger partial charge on any atom is -0.496 e. The number of anilines is 1. The van der Waals surface area contributed by atoms with Gasteiger partial charge in [0, 0.05) is 24.4 Å². The van der Waals surface area contributed by atoms with Crippen molar-refractivity contribution in [1.29, 1.82) is 0 Å². The van der Waals surface area contributed by atoms with Crippen LogP contribution in [0.15, 0.2) is 60.9 Å². The van der Waals surface area contributed by atoms with Crippen molar-refractivity contribution in [1.82, 2.24) is 4.98 Å². The molecule has 4 nitrogen and oxygen atoms in total. The number of rotatable bonds is 4. The van der Waals surface area contributed by atoms with E-state index in [0.717, 1.165) is 35.9 Å². The summed E-state index contributed by atoms with van der Waals surface area (Å²) in [5.41, 5.74) is 2.08. The van der Waals surface area contributed by atoms with Gasteiger partial charge in [-0.2, -0.15) is 13.2 Å². The number of ether oxygens (including phenoxy) is 1. The summed E-state index contributed by atoms with van der Waals surface area (Å²) in [4.78, 5) is 18.4. The summed E-state index contributed by atoms with van der Waals surface area (Å²) in [5, 5.41) is 0. The van der Waals surface area contributed by atoms with Crippen molar-refractivity contribution in [2.75, 3.05) is 19.1 Å². The van der Waals surface area contributed by atoms with Crippen molar-refractivity contribution in [2.45, 2.75) is 13.1 Å². The Morgan fingerprint density at radius 1 is 1.07 bits per heavy atom. The molecule has 0 saturated heterocycles. The number of aromatic nitrogens is 1. The molecule has 0 spiro atoms. The van der Waals surface area contributed by atoms with Crippen LogP contribution in [0.2, 0.25) is 0 Å². The fourth-order valence-electron chi connectivity index (χ4n) is 3.12. The molecule has 0 saturated carbocycles. The number of amides is 1. The Kier molecular flexibility index (Phi) is 5.59. The molecule has 29 heavy (non-hydrogen) atoms. The maximum absolute atomic E-state index is 13.3. The van der Waals surface area contributed by atoms with Crippen LogP contribution in [0, 0.1) is 6.92 Å². The molecule has 0 N–H and O–H groups in total. The van der Waals surface area contributed by atoms with E-state index in [1.54, 1.807) is 12.3 Å². The van der Waals surface area contributed by atoms with E-state index < -0.39 is 17.6 Å². The molecule has 0 fully saturated rings. The van der Waals surface area contributed by atoms with Gasteiger partial charge in [0.1, 0.15) is 5.75 Å². The fourth-order valence-corrected chi connectivity index (χ4v) is 3.12. The smallest absolute Gasteiger partial charge is 0.419 e. The maximum Gasteiger partial charge on any atom is 0.419 e. The van der Waals surface area contributed by atoms with E-state index in [0.29, 0.717) is 5.69 Å². The summed E-state index contributed by atoms with van der Waals surface area (Å²) in [7, 11) is 2.67. The van der Waals surface area contributed by atoms with E-state index in [-0.39, 0.29) is 11.3 Å². The molecule has 0 radical (unpaired) electrons. The van der Waals surface area contributed by atoms with Crippen LogP contribution in [-0.4, -0.2) is 25.0 Å². The van der Waals surface area contributed by atoms with Gasteiger partial charge >= 0.3 is 6.18 Å². The molecule has 2 aromatic carbocycles. The molecule has 0 unspecified atom stereocenters. The highest BCUT2D eigenvalue weighted by molar-refractivity contribution is 6.08. The molecule has 0 aliphatic rings. The van der Waals surface area contributed by atoms with E-state index in [9.17, 15) is 18.0 Å². The molecule has 1 amide bonds. The second-order valence-electron chi connectivity index (χ2n) is 6.48. The predicted octanol–water partition coefficient (Wildman–Crippen LogP) is 5.36. The maximum atomic E-state index is 13.3. The summed E-state index contributed by atoms with van der Waals surface area (Å²) in [6, 6.07) is 12.7. The zero-order chi connectivity index (χ0) is 21.2. The molecule has 0 bridgehead atoms. The third-order valence-corrected chi connectivity index (χ3v) is 4.65. The zero-order valence-electron chi connectivity index (χ0n) is 16.1. The minimum absolute atomic E-state index is 0.0970. The van der Waals surface area contributed by atoms with E-state index in [1.165, 1.54) is 24.2 Å². The average molecular weight is 400 g/mol. The number of benzene rings is 2. The number of aryl methyl sites for hydroxylation is 1. The fraction of sp³-hybridized carbons (Fsp3) is 0.182. The molecule has 1 heterocycles. The Morgan fingerprint density at radius 2 is 1.79 bits per heavy atom. The molecule has 0 aliphatic carbocycles. The number of pyridine rings is 1. The topological polar surface area (TPSA) is 42.4 Å². The van der Waals surface area contributed by atoms with Crippen LogP contribution in [-0.2, 0) is 6.18 Å². The number of carbonyl (C=O) groups excluding carboxylic acids is 1. The molecular weight excluding hydrogens is 381 g/mol. The van der Waals surface area contributed by atoms with E-state index in [2.05, 4.69) is 4.98 Å². The van der Waals surface area contributed by atoms with Crippen LogP contribution < -0.4 is 9.64 Å². The molecule has 3 aromatic rings. The van der Waals surface area contributed by atoms with Gasteiger partial charge in [-0.1, -0.05) is 24.3 Å². The highest BCUT2D eigenvalue weighted by atomic mass is 19.4. The van der Waals surface area contributed by atoms with Gasteiger partial charge in [0.05, 0.1) is 24.6 Å². The first-order chi connectivity index (χ1) is 13.7. The highest BCUT2D eigenvalue weighted by Gasteiger charge is 2.35. The number of carbonyl (C=O) groups is 1. The van der Waals surface area contributed by atoms with Gasteiger partial charge in [-0.25, -0.2) is 0 Å². The molecule has 7 heteroatoms. The molecule has 0 atom stereocenters. The average Bonchev–Trinajstić information content (AvgIpc) is 2.72. The van der Waals surface area contributed by atoms with Crippen molar-refractivity contribution >= 4 is 11.6 Å². The molecule has 1 aromatic heterocycles. The summed E-state index contributed by atoms with van der Waals surface area (Å²) in [6.07, 6.45) is -1.51. The van der Waals surface area contributed by atoms with Gasteiger partial charge < -0.3 is 9.64 Å². The third-order valence-electron chi connectivity index (χ3n) is 4.65. The van der Waals surface area contributed by atoms with Crippen molar-refractivity contribution in [3.05, 3.63) is 77.6 Å². The molecule has 0 aliphatic heterocycles. The first kappa shape index (κ1) is 20.4. The molecular formula is C22H19F3N2O2. The Bertz CT molecular complexity index is 1050. The van der Waals surface area contributed by atoms with Crippen LogP contribution >= 0.6 is 0 Å². The number of nitrogens with zero attached hydrogens (tertiary/aromatic N) is 2. The lowest BCUT2D eigenvalue weighted by Crippen LogP contribution is -2.27. The van der Waals surface area contributed by atoms with Crippen LogP contribution in [0.4, 0.5) is 18.9 Å². The van der Waals surface area contributed by atoms with Crippen molar-refractivity contribution in [3.8, 4) is 16.9 Å². The van der Waals surface area contributed by atoms with Gasteiger partial charge in [0.2, 0.25) is 0 Å². The molecule has 150 valence electrons. The van der Waals surface area contributed by atoms with Crippen molar-refractivity contribution in [3.63, 3.8) is 0 Å². The monoisotopic (exact) mass is 400 g/mol. The Labute approximate surface area is 166 Å². The second kappa shape index (κ2) is 7.95. The summed E-state index contributed by atoms with van der Waals surface area (Å²) >= 11 is 0. The Morgan fingerprint density at radius 3 is 2.45 bits per heavy atom. The second-order valence-corrected chi connectivity index (χ2v) is 6.48. The minimum atomic E-state index is -4.64. The largest absolute Gasteiger partial charge is 0.496 e. The Hall–Kier alpha value is -3.35. The lowest BCUT2D eigenvalue weighted by molar-refractivity contribution is -0.138. The van der Waals surface area contributed by atoms with Gasteiger partial charge in [0.15, 0.2) is 0 Å². The van der Waals surface area contributed by atoms with E-state index in [4.69, 9.17) is 4.74 Å². The normalized spacial score (nSPS) is 11.2. The summed E-state index contributed by atoms with van der Waals surface area (Å²) in [6.45, 7) is 1.94. The van der Waals surface area contributed by atoms with Gasteiger partial charge in [-0.05, 0) is 42.3 Å². The number of methoxy groups -OCH3 is 1. The van der Waals surface area contributed by atoms with Gasteiger partial charge in [-0.3, -0.25) is 9.78 Å². The first-order valence-corrected chi connectivity index (χ1v) is 8.77.